The van der Waals surface area contributed by atoms with Crippen LogP contribution >= 0.6 is 0 Å². The minimum atomic E-state index is -4.65. The lowest BCUT2D eigenvalue weighted by molar-refractivity contribution is -0.294. The van der Waals surface area contributed by atoms with E-state index in [4.69, 9.17) is 18.8 Å². The van der Waals surface area contributed by atoms with E-state index in [1.807, 2.05) is 0 Å². The van der Waals surface area contributed by atoms with Gasteiger partial charge in [0.1, 0.15) is 24.4 Å². The van der Waals surface area contributed by atoms with E-state index in [2.05, 4.69) is 4.18 Å². The number of hydrogen-bond acceptors (Lipinski definition) is 8. The summed E-state index contributed by atoms with van der Waals surface area (Å²) in [6, 6.07) is 0. The molecule has 1 aliphatic heterocycles. The molecule has 0 aliphatic carbocycles. The standard InChI is InChI=1S/C8H16O9S/c1-14-6-5(9)4(3-16-18(11,12)13)17-8(10)7(6)15-2/h4-10H,3H2,1-2H3,(H,11,12,13)/t4-,5-,6+,7-,8?/m1/s1. The van der Waals surface area contributed by atoms with E-state index in [1.54, 1.807) is 0 Å². The summed E-state index contributed by atoms with van der Waals surface area (Å²) in [5.74, 6) is 0. The molecule has 3 N–H and O–H groups in total. The van der Waals surface area contributed by atoms with Gasteiger partial charge >= 0.3 is 10.4 Å². The summed E-state index contributed by atoms with van der Waals surface area (Å²) in [7, 11) is -2.07. The van der Waals surface area contributed by atoms with E-state index in [0.717, 1.165) is 0 Å². The Morgan fingerprint density at radius 2 is 1.72 bits per heavy atom. The molecule has 0 bridgehead atoms. The molecule has 0 aromatic heterocycles. The van der Waals surface area contributed by atoms with Crippen LogP contribution in [0, 0.1) is 0 Å². The summed E-state index contributed by atoms with van der Waals surface area (Å²) >= 11 is 0. The zero-order valence-corrected chi connectivity index (χ0v) is 10.6. The first-order chi connectivity index (χ1) is 8.30. The Hall–Kier alpha value is -0.330. The molecule has 108 valence electrons. The van der Waals surface area contributed by atoms with Crippen molar-refractivity contribution in [3.05, 3.63) is 0 Å². The third-order valence-electron chi connectivity index (χ3n) is 2.56. The molecule has 1 unspecified atom stereocenters. The zero-order valence-electron chi connectivity index (χ0n) is 9.79. The van der Waals surface area contributed by atoms with Gasteiger partial charge in [-0.2, -0.15) is 8.42 Å². The van der Waals surface area contributed by atoms with Gasteiger partial charge in [-0.15, -0.1) is 0 Å². The second-order valence-electron chi connectivity index (χ2n) is 3.67. The highest BCUT2D eigenvalue weighted by molar-refractivity contribution is 7.80. The second-order valence-corrected chi connectivity index (χ2v) is 4.76. The van der Waals surface area contributed by atoms with Crippen molar-refractivity contribution < 1.29 is 41.6 Å². The molecular weight excluding hydrogens is 272 g/mol. The molecule has 5 atom stereocenters. The fourth-order valence-corrected chi connectivity index (χ4v) is 2.03. The molecule has 18 heavy (non-hydrogen) atoms. The Balaban J connectivity index is 2.71. The molecule has 10 heteroatoms. The van der Waals surface area contributed by atoms with Crippen molar-refractivity contribution in [3.63, 3.8) is 0 Å². The van der Waals surface area contributed by atoms with E-state index < -0.39 is 47.7 Å². The predicted octanol–water partition coefficient (Wildman–Crippen LogP) is -2.09. The third kappa shape index (κ3) is 3.83. The molecule has 0 aromatic carbocycles. The van der Waals surface area contributed by atoms with E-state index in [0.29, 0.717) is 0 Å². The molecule has 0 spiro atoms. The van der Waals surface area contributed by atoms with Crippen LogP contribution in [0.2, 0.25) is 0 Å². The summed E-state index contributed by atoms with van der Waals surface area (Å²) in [5, 5.41) is 19.4. The topological polar surface area (TPSA) is 132 Å². The first-order valence-corrected chi connectivity index (χ1v) is 6.35. The van der Waals surface area contributed by atoms with Gasteiger partial charge in [0.05, 0.1) is 6.61 Å². The largest absolute Gasteiger partial charge is 0.397 e. The summed E-state index contributed by atoms with van der Waals surface area (Å²) in [6.07, 6.45) is -5.73. The lowest BCUT2D eigenvalue weighted by Gasteiger charge is -2.41. The smallest absolute Gasteiger partial charge is 0.387 e. The molecule has 0 amide bonds. The quantitative estimate of drug-likeness (QED) is 0.487. The van der Waals surface area contributed by atoms with Gasteiger partial charge in [0.2, 0.25) is 0 Å². The number of methoxy groups -OCH3 is 2. The van der Waals surface area contributed by atoms with Crippen LogP contribution in [0.5, 0.6) is 0 Å². The maximum atomic E-state index is 10.4. The number of aliphatic hydroxyl groups is 2. The predicted molar refractivity (Wildman–Crippen MR) is 56.0 cm³/mol. The fourth-order valence-electron chi connectivity index (χ4n) is 1.72. The average molecular weight is 288 g/mol. The summed E-state index contributed by atoms with van der Waals surface area (Å²) in [5.41, 5.74) is 0. The molecule has 0 aromatic rings. The van der Waals surface area contributed by atoms with Crippen LogP contribution in [0.1, 0.15) is 0 Å². The first kappa shape index (κ1) is 15.7. The SMILES string of the molecule is CO[C@H]1[C@H](O)[C@@H](COS(=O)(=O)O)OC(O)[C@@H]1OC. The third-order valence-corrected chi connectivity index (χ3v) is 3.00. The lowest BCUT2D eigenvalue weighted by atomic mass is 9.99. The molecule has 1 fully saturated rings. The van der Waals surface area contributed by atoms with Gasteiger partial charge in [-0.25, -0.2) is 4.18 Å². The van der Waals surface area contributed by atoms with Crippen molar-refractivity contribution in [1.29, 1.82) is 0 Å². The van der Waals surface area contributed by atoms with Crippen molar-refractivity contribution in [2.75, 3.05) is 20.8 Å². The maximum absolute atomic E-state index is 10.4. The number of ether oxygens (including phenoxy) is 3. The molecule has 1 heterocycles. The van der Waals surface area contributed by atoms with Gasteiger partial charge in [-0.1, -0.05) is 0 Å². The Morgan fingerprint density at radius 3 is 2.17 bits per heavy atom. The minimum Gasteiger partial charge on any atom is -0.387 e. The lowest BCUT2D eigenvalue weighted by Crippen LogP contribution is -2.60. The number of hydrogen-bond donors (Lipinski definition) is 3. The normalized spacial score (nSPS) is 37.7. The van der Waals surface area contributed by atoms with E-state index in [9.17, 15) is 18.6 Å². The van der Waals surface area contributed by atoms with Crippen LogP contribution in [0.4, 0.5) is 0 Å². The average Bonchev–Trinajstić information content (AvgIpc) is 2.28. The maximum Gasteiger partial charge on any atom is 0.397 e. The minimum absolute atomic E-state index is 0.659. The first-order valence-electron chi connectivity index (χ1n) is 4.99. The highest BCUT2D eigenvalue weighted by Crippen LogP contribution is 2.24. The molecule has 0 saturated carbocycles. The molecule has 9 nitrogen and oxygen atoms in total. The fraction of sp³-hybridized carbons (Fsp3) is 1.00. The van der Waals surface area contributed by atoms with Crippen molar-refractivity contribution in [3.8, 4) is 0 Å². The zero-order chi connectivity index (χ0) is 13.9. The van der Waals surface area contributed by atoms with E-state index >= 15 is 0 Å². The van der Waals surface area contributed by atoms with Crippen molar-refractivity contribution in [2.45, 2.75) is 30.7 Å². The van der Waals surface area contributed by atoms with Gasteiger partial charge in [-0.3, -0.25) is 4.55 Å². The highest BCUT2D eigenvalue weighted by atomic mass is 32.3. The van der Waals surface area contributed by atoms with Crippen molar-refractivity contribution in [1.82, 2.24) is 0 Å². The summed E-state index contributed by atoms with van der Waals surface area (Å²) < 4.78 is 48.1. The molecule has 0 radical (unpaired) electrons. The van der Waals surface area contributed by atoms with Crippen LogP contribution in [-0.4, -0.2) is 74.7 Å². The van der Waals surface area contributed by atoms with Gasteiger partial charge < -0.3 is 24.4 Å². The molecular formula is C8H16O9S. The van der Waals surface area contributed by atoms with Crippen LogP contribution in [-0.2, 0) is 28.8 Å². The molecule has 1 aliphatic rings. The van der Waals surface area contributed by atoms with Gasteiger partial charge in [-0.05, 0) is 0 Å². The Morgan fingerprint density at radius 1 is 1.17 bits per heavy atom. The van der Waals surface area contributed by atoms with Gasteiger partial charge in [0, 0.05) is 14.2 Å². The van der Waals surface area contributed by atoms with E-state index in [1.165, 1.54) is 14.2 Å². The van der Waals surface area contributed by atoms with E-state index in [-0.39, 0.29) is 0 Å². The molecule has 1 saturated heterocycles. The van der Waals surface area contributed by atoms with Crippen LogP contribution < -0.4 is 0 Å². The number of rotatable bonds is 5. The monoisotopic (exact) mass is 288 g/mol. The van der Waals surface area contributed by atoms with Crippen LogP contribution in [0.25, 0.3) is 0 Å². The van der Waals surface area contributed by atoms with Crippen LogP contribution in [0.3, 0.4) is 0 Å². The number of aliphatic hydroxyl groups excluding tert-OH is 2. The summed E-state index contributed by atoms with van der Waals surface area (Å²) in [6.45, 7) is -0.659. The Labute approximate surface area is 104 Å². The highest BCUT2D eigenvalue weighted by Gasteiger charge is 2.45. The van der Waals surface area contributed by atoms with Crippen LogP contribution in [0.15, 0.2) is 0 Å². The van der Waals surface area contributed by atoms with Gasteiger partial charge in [0.25, 0.3) is 0 Å². The second kappa shape index (κ2) is 6.21. The summed E-state index contributed by atoms with van der Waals surface area (Å²) in [4.78, 5) is 0. The Bertz CT molecular complexity index is 356. The van der Waals surface area contributed by atoms with Crippen molar-refractivity contribution in [2.24, 2.45) is 0 Å². The Kier molecular flexibility index (Phi) is 5.43. The molecule has 1 rings (SSSR count). The van der Waals surface area contributed by atoms with Crippen molar-refractivity contribution >= 4 is 10.4 Å². The van der Waals surface area contributed by atoms with Gasteiger partial charge in [0.15, 0.2) is 6.29 Å².